The molecule has 0 saturated heterocycles. The zero-order chi connectivity index (χ0) is 15.4. The standard InChI is InChI=1S/C14H12Br2ClNO2S/c1-2-20-14(19)12(11-7-10(15)13(16)21-11)18-9-5-3-4-8(17)6-9/h3-7,12,18H,2H2,1H3. The molecule has 0 aliphatic carbocycles. The zero-order valence-corrected chi connectivity index (χ0v) is 15.8. The normalized spacial score (nSPS) is 12.0. The van der Waals surface area contributed by atoms with Gasteiger partial charge in [0.15, 0.2) is 6.04 Å². The maximum Gasteiger partial charge on any atom is 0.334 e. The largest absolute Gasteiger partial charge is 0.464 e. The van der Waals surface area contributed by atoms with Crippen LogP contribution >= 0.6 is 54.8 Å². The van der Waals surface area contributed by atoms with Crippen LogP contribution in [0.1, 0.15) is 17.8 Å². The smallest absolute Gasteiger partial charge is 0.334 e. The van der Waals surface area contributed by atoms with Crippen LogP contribution in [0.2, 0.25) is 5.02 Å². The molecule has 7 heteroatoms. The third-order valence-electron chi connectivity index (χ3n) is 2.61. The second-order valence-corrected chi connectivity index (χ2v) is 7.80. The van der Waals surface area contributed by atoms with Gasteiger partial charge in [-0.05, 0) is 63.0 Å². The molecule has 0 amide bonds. The highest BCUT2D eigenvalue weighted by Crippen LogP contribution is 2.37. The average molecular weight is 454 g/mol. The van der Waals surface area contributed by atoms with Gasteiger partial charge in [-0.2, -0.15) is 0 Å². The summed E-state index contributed by atoms with van der Waals surface area (Å²) < 4.78 is 6.99. The second kappa shape index (κ2) is 7.63. The molecule has 0 aliphatic rings. The van der Waals surface area contributed by atoms with Crippen LogP contribution < -0.4 is 5.32 Å². The highest BCUT2D eigenvalue weighted by atomic mass is 79.9. The van der Waals surface area contributed by atoms with E-state index in [0.29, 0.717) is 11.6 Å². The number of anilines is 1. The van der Waals surface area contributed by atoms with E-state index in [9.17, 15) is 4.79 Å². The minimum Gasteiger partial charge on any atom is -0.464 e. The summed E-state index contributed by atoms with van der Waals surface area (Å²) in [4.78, 5) is 13.1. The first-order valence-electron chi connectivity index (χ1n) is 6.14. The molecule has 0 radical (unpaired) electrons. The van der Waals surface area contributed by atoms with Crippen LogP contribution in [0.4, 0.5) is 5.69 Å². The van der Waals surface area contributed by atoms with Crippen molar-refractivity contribution in [2.24, 2.45) is 0 Å². The van der Waals surface area contributed by atoms with Crippen LogP contribution in [0.15, 0.2) is 38.6 Å². The lowest BCUT2D eigenvalue weighted by molar-refractivity contribution is -0.144. The molecule has 0 spiro atoms. The Bertz CT molecular complexity index is 628. The van der Waals surface area contributed by atoms with Crippen molar-refractivity contribution in [1.29, 1.82) is 0 Å². The molecule has 0 aliphatic heterocycles. The first kappa shape index (κ1) is 16.8. The van der Waals surface area contributed by atoms with Crippen LogP contribution in [0, 0.1) is 0 Å². The molecule has 1 aromatic carbocycles. The molecular formula is C14H12Br2ClNO2S. The van der Waals surface area contributed by atoms with E-state index in [1.165, 1.54) is 11.3 Å². The van der Waals surface area contributed by atoms with Crippen LogP contribution in [0.3, 0.4) is 0 Å². The molecular weight excluding hydrogens is 441 g/mol. The van der Waals surface area contributed by atoms with E-state index < -0.39 is 6.04 Å². The summed E-state index contributed by atoms with van der Waals surface area (Å²) in [5, 5.41) is 3.78. The van der Waals surface area contributed by atoms with Gasteiger partial charge in [-0.1, -0.05) is 17.7 Å². The molecule has 0 saturated carbocycles. The highest BCUT2D eigenvalue weighted by molar-refractivity contribution is 9.13. The van der Waals surface area contributed by atoms with Crippen LogP contribution in [-0.2, 0) is 9.53 Å². The van der Waals surface area contributed by atoms with E-state index >= 15 is 0 Å². The number of rotatable bonds is 5. The lowest BCUT2D eigenvalue weighted by atomic mass is 10.2. The molecule has 1 N–H and O–H groups in total. The highest BCUT2D eigenvalue weighted by Gasteiger charge is 2.25. The Balaban J connectivity index is 2.30. The molecule has 3 nitrogen and oxygen atoms in total. The fourth-order valence-corrected chi connectivity index (χ4v) is 4.04. The third-order valence-corrected chi connectivity index (χ3v) is 6.16. The van der Waals surface area contributed by atoms with Gasteiger partial charge in [0, 0.05) is 20.1 Å². The van der Waals surface area contributed by atoms with E-state index in [1.54, 1.807) is 19.1 Å². The molecule has 1 heterocycles. The van der Waals surface area contributed by atoms with Gasteiger partial charge in [-0.3, -0.25) is 0 Å². The van der Waals surface area contributed by atoms with Gasteiger partial charge in [-0.25, -0.2) is 4.79 Å². The number of carbonyl (C=O) groups is 1. The lowest BCUT2D eigenvalue weighted by Crippen LogP contribution is -2.22. The Morgan fingerprint density at radius 3 is 2.76 bits per heavy atom. The van der Waals surface area contributed by atoms with Crippen molar-refractivity contribution in [2.45, 2.75) is 13.0 Å². The van der Waals surface area contributed by atoms with E-state index in [2.05, 4.69) is 37.2 Å². The van der Waals surface area contributed by atoms with E-state index in [1.807, 2.05) is 18.2 Å². The van der Waals surface area contributed by atoms with Gasteiger partial charge < -0.3 is 10.1 Å². The van der Waals surface area contributed by atoms with Gasteiger partial charge in [-0.15, -0.1) is 11.3 Å². The van der Waals surface area contributed by atoms with Gasteiger partial charge in [0.05, 0.1) is 10.4 Å². The van der Waals surface area contributed by atoms with Crippen molar-refractivity contribution in [3.8, 4) is 0 Å². The van der Waals surface area contributed by atoms with Gasteiger partial charge in [0.2, 0.25) is 0 Å². The monoisotopic (exact) mass is 451 g/mol. The average Bonchev–Trinajstić information content (AvgIpc) is 2.76. The maximum atomic E-state index is 12.2. The Kier molecular flexibility index (Phi) is 6.10. The molecule has 1 unspecified atom stereocenters. The molecule has 0 fully saturated rings. The Morgan fingerprint density at radius 1 is 1.43 bits per heavy atom. The van der Waals surface area contributed by atoms with Crippen LogP contribution in [-0.4, -0.2) is 12.6 Å². The fraction of sp³-hybridized carbons (Fsp3) is 0.214. The number of esters is 1. The second-order valence-electron chi connectivity index (χ2n) is 4.11. The molecule has 112 valence electrons. The number of benzene rings is 1. The number of thiophene rings is 1. The third kappa shape index (κ3) is 4.45. The summed E-state index contributed by atoms with van der Waals surface area (Å²) in [7, 11) is 0. The Labute approximate surface area is 148 Å². The maximum absolute atomic E-state index is 12.2. The number of carbonyl (C=O) groups excluding carboxylic acids is 1. The molecule has 21 heavy (non-hydrogen) atoms. The van der Waals surface area contributed by atoms with Crippen LogP contribution in [0.25, 0.3) is 0 Å². The van der Waals surface area contributed by atoms with Crippen molar-refractivity contribution >= 4 is 66.5 Å². The van der Waals surface area contributed by atoms with Gasteiger partial charge >= 0.3 is 5.97 Å². The predicted molar refractivity (Wildman–Crippen MR) is 94.2 cm³/mol. The van der Waals surface area contributed by atoms with Crippen molar-refractivity contribution < 1.29 is 9.53 Å². The van der Waals surface area contributed by atoms with Crippen molar-refractivity contribution in [3.63, 3.8) is 0 Å². The van der Waals surface area contributed by atoms with Crippen molar-refractivity contribution in [1.82, 2.24) is 0 Å². The minimum atomic E-state index is -0.573. The minimum absolute atomic E-state index is 0.321. The van der Waals surface area contributed by atoms with E-state index in [-0.39, 0.29) is 5.97 Å². The van der Waals surface area contributed by atoms with E-state index in [0.717, 1.165) is 18.8 Å². The number of ether oxygens (including phenoxy) is 1. The van der Waals surface area contributed by atoms with Crippen molar-refractivity contribution in [3.05, 3.63) is 48.5 Å². The molecule has 1 aromatic heterocycles. The first-order valence-corrected chi connectivity index (χ1v) is 8.92. The molecule has 1 atom stereocenters. The van der Waals surface area contributed by atoms with E-state index in [4.69, 9.17) is 16.3 Å². The number of hydrogen-bond acceptors (Lipinski definition) is 4. The molecule has 2 aromatic rings. The molecule has 2 rings (SSSR count). The summed E-state index contributed by atoms with van der Waals surface area (Å²) in [6.45, 7) is 2.12. The van der Waals surface area contributed by atoms with Gasteiger partial charge in [0.1, 0.15) is 0 Å². The summed E-state index contributed by atoms with van der Waals surface area (Å²) in [6, 6.07) is 8.56. The first-order chi connectivity index (χ1) is 10.0. The summed E-state index contributed by atoms with van der Waals surface area (Å²) >= 11 is 14.3. The fourth-order valence-electron chi connectivity index (χ4n) is 1.72. The summed E-state index contributed by atoms with van der Waals surface area (Å²) in [6.07, 6.45) is 0. The predicted octanol–water partition coefficient (Wildman–Crippen LogP) is 5.64. The number of halogens is 3. The SMILES string of the molecule is CCOC(=O)C(Nc1cccc(Cl)c1)c1cc(Br)c(Br)s1. The Hall–Kier alpha value is -0.560. The number of hydrogen-bond donors (Lipinski definition) is 1. The van der Waals surface area contributed by atoms with Crippen molar-refractivity contribution in [2.75, 3.05) is 11.9 Å². The van der Waals surface area contributed by atoms with Crippen LogP contribution in [0.5, 0.6) is 0 Å². The summed E-state index contributed by atoms with van der Waals surface area (Å²) in [5.74, 6) is -0.321. The summed E-state index contributed by atoms with van der Waals surface area (Å²) in [5.41, 5.74) is 0.765. The quantitative estimate of drug-likeness (QED) is 0.595. The number of nitrogens with one attached hydrogen (secondary N) is 1. The zero-order valence-electron chi connectivity index (χ0n) is 11.0. The Morgan fingerprint density at radius 2 is 2.19 bits per heavy atom. The topological polar surface area (TPSA) is 38.3 Å². The molecule has 0 bridgehead atoms. The lowest BCUT2D eigenvalue weighted by Gasteiger charge is -2.17. The van der Waals surface area contributed by atoms with Gasteiger partial charge in [0.25, 0.3) is 0 Å².